The highest BCUT2D eigenvalue weighted by molar-refractivity contribution is 7.92. The van der Waals surface area contributed by atoms with Crippen LogP contribution in [0.5, 0.6) is 0 Å². The number of rotatable bonds is 8. The summed E-state index contributed by atoms with van der Waals surface area (Å²) in [5.41, 5.74) is 1.26. The minimum Gasteiger partial charge on any atom is -0.279 e. The highest BCUT2D eigenvalue weighted by Crippen LogP contribution is 2.29. The monoisotopic (exact) mass is 455 g/mol. The molecule has 9 nitrogen and oxygen atoms in total. The van der Waals surface area contributed by atoms with Crippen LogP contribution >= 0.6 is 0 Å². The number of aryl methyl sites for hydroxylation is 2. The summed E-state index contributed by atoms with van der Waals surface area (Å²) in [4.78, 5) is 10.2. The molecule has 0 bridgehead atoms. The summed E-state index contributed by atoms with van der Waals surface area (Å²) in [7, 11) is -7.98. The average Bonchev–Trinajstić information content (AvgIpc) is 2.65. The molecule has 0 amide bonds. The maximum atomic E-state index is 12.9. The molecule has 0 aliphatic heterocycles. The van der Waals surface area contributed by atoms with Gasteiger partial charge in [0.05, 0.1) is 20.4 Å². The van der Waals surface area contributed by atoms with E-state index in [0.29, 0.717) is 16.7 Å². The highest BCUT2D eigenvalue weighted by Gasteiger charge is 2.25. The van der Waals surface area contributed by atoms with Crippen LogP contribution in [0.2, 0.25) is 0 Å². The molecular formula is C19H25N3O6S2. The van der Waals surface area contributed by atoms with E-state index in [1.54, 1.807) is 27.7 Å². The Morgan fingerprint density at radius 2 is 1.53 bits per heavy atom. The zero-order valence-electron chi connectivity index (χ0n) is 17.5. The lowest BCUT2D eigenvalue weighted by Gasteiger charge is -2.20. The normalized spacial score (nSPS) is 12.2. The maximum absolute atomic E-state index is 12.9. The summed E-state index contributed by atoms with van der Waals surface area (Å²) < 4.78 is 55.1. The Morgan fingerprint density at radius 1 is 0.933 bits per heavy atom. The molecule has 1 N–H and O–H groups in total. The first-order chi connectivity index (χ1) is 13.8. The summed E-state index contributed by atoms with van der Waals surface area (Å²) in [5.74, 6) is 0. The second-order valence-electron chi connectivity index (χ2n) is 6.81. The number of hydrogen-bond acceptors (Lipinski definition) is 6. The van der Waals surface area contributed by atoms with E-state index in [0.717, 1.165) is 6.07 Å². The van der Waals surface area contributed by atoms with Crippen molar-refractivity contribution in [2.45, 2.75) is 44.4 Å². The highest BCUT2D eigenvalue weighted by atomic mass is 32.2. The van der Waals surface area contributed by atoms with Gasteiger partial charge in [0.15, 0.2) is 0 Å². The van der Waals surface area contributed by atoms with Crippen LogP contribution in [0.15, 0.2) is 40.1 Å². The van der Waals surface area contributed by atoms with Crippen LogP contribution in [0.3, 0.4) is 0 Å². The zero-order valence-corrected chi connectivity index (χ0v) is 19.1. The van der Waals surface area contributed by atoms with Crippen molar-refractivity contribution in [3.8, 4) is 0 Å². The first-order valence-corrected chi connectivity index (χ1v) is 12.2. The van der Waals surface area contributed by atoms with Gasteiger partial charge in [0, 0.05) is 24.7 Å². The predicted octanol–water partition coefficient (Wildman–Crippen LogP) is 3.35. The molecule has 0 fully saturated rings. The fourth-order valence-corrected chi connectivity index (χ4v) is 5.65. The maximum Gasteiger partial charge on any atom is 0.273 e. The minimum absolute atomic E-state index is 0.0260. The minimum atomic E-state index is -4.18. The third-order valence-corrected chi connectivity index (χ3v) is 8.31. The molecular weight excluding hydrogens is 430 g/mol. The molecule has 2 aromatic carbocycles. The molecule has 2 rings (SSSR count). The fraction of sp³-hybridized carbons (Fsp3) is 0.368. The first-order valence-electron chi connectivity index (χ1n) is 9.24. The number of nitro groups is 1. The lowest BCUT2D eigenvalue weighted by molar-refractivity contribution is -0.385. The smallest absolute Gasteiger partial charge is 0.273 e. The molecule has 0 aliphatic rings. The molecule has 164 valence electrons. The Kier molecular flexibility index (Phi) is 6.90. The molecule has 0 unspecified atom stereocenters. The van der Waals surface area contributed by atoms with Crippen LogP contribution < -0.4 is 4.72 Å². The van der Waals surface area contributed by atoms with Crippen molar-refractivity contribution in [3.05, 3.63) is 57.1 Å². The van der Waals surface area contributed by atoms with Gasteiger partial charge >= 0.3 is 0 Å². The molecule has 0 radical (unpaired) electrons. The van der Waals surface area contributed by atoms with Crippen LogP contribution in [-0.2, 0) is 20.0 Å². The number of sulfonamides is 2. The summed E-state index contributed by atoms with van der Waals surface area (Å²) >= 11 is 0. The number of benzene rings is 2. The summed E-state index contributed by atoms with van der Waals surface area (Å²) in [6.45, 7) is 8.85. The number of anilines is 1. The van der Waals surface area contributed by atoms with E-state index in [-0.39, 0.29) is 34.3 Å². The van der Waals surface area contributed by atoms with Gasteiger partial charge in [-0.2, -0.15) is 4.31 Å². The van der Waals surface area contributed by atoms with Gasteiger partial charge in [-0.3, -0.25) is 14.8 Å². The van der Waals surface area contributed by atoms with E-state index in [2.05, 4.69) is 4.72 Å². The Morgan fingerprint density at radius 3 is 2.07 bits per heavy atom. The lowest BCUT2D eigenvalue weighted by Crippen LogP contribution is -2.30. The molecule has 0 aromatic heterocycles. The quantitative estimate of drug-likeness (QED) is 0.480. The number of nitrogens with one attached hydrogen (secondary N) is 1. The van der Waals surface area contributed by atoms with Crippen molar-refractivity contribution in [2.24, 2.45) is 0 Å². The average molecular weight is 456 g/mol. The topological polar surface area (TPSA) is 127 Å². The number of hydrogen-bond donors (Lipinski definition) is 1. The molecule has 2 aromatic rings. The Labute approximate surface area is 177 Å². The van der Waals surface area contributed by atoms with Crippen LogP contribution in [-0.4, -0.2) is 39.2 Å². The van der Waals surface area contributed by atoms with Gasteiger partial charge in [0.25, 0.3) is 15.7 Å². The van der Waals surface area contributed by atoms with Crippen molar-refractivity contribution in [3.63, 3.8) is 0 Å². The molecule has 0 saturated heterocycles. The van der Waals surface area contributed by atoms with E-state index < -0.39 is 25.0 Å². The van der Waals surface area contributed by atoms with Crippen LogP contribution in [0.1, 0.15) is 30.5 Å². The Hall–Kier alpha value is -2.50. The molecule has 0 spiro atoms. The Balaban J connectivity index is 2.57. The van der Waals surface area contributed by atoms with Crippen molar-refractivity contribution >= 4 is 31.4 Å². The number of nitro benzene ring substituents is 1. The zero-order chi connectivity index (χ0) is 22.9. The van der Waals surface area contributed by atoms with Gasteiger partial charge in [0.2, 0.25) is 10.0 Å². The number of nitrogens with zero attached hydrogens (tertiary/aromatic N) is 2. The SMILES string of the molecule is CCN(CC)S(=O)(=O)c1cc(C)c(C)c(NS(=O)(=O)c2ccc(C)c([N+](=O)[O-])c2)c1. The fourth-order valence-electron chi connectivity index (χ4n) is 2.95. The van der Waals surface area contributed by atoms with E-state index in [9.17, 15) is 26.9 Å². The van der Waals surface area contributed by atoms with E-state index in [1.807, 2.05) is 0 Å². The van der Waals surface area contributed by atoms with Gasteiger partial charge in [-0.05, 0) is 50.1 Å². The largest absolute Gasteiger partial charge is 0.279 e. The van der Waals surface area contributed by atoms with Crippen molar-refractivity contribution in [1.82, 2.24) is 4.31 Å². The van der Waals surface area contributed by atoms with Gasteiger partial charge in [-0.25, -0.2) is 16.8 Å². The molecule has 0 aliphatic carbocycles. The van der Waals surface area contributed by atoms with Crippen molar-refractivity contribution in [2.75, 3.05) is 17.8 Å². The van der Waals surface area contributed by atoms with Gasteiger partial charge in [0.1, 0.15) is 0 Å². The molecule has 0 heterocycles. The Bertz CT molecular complexity index is 1190. The van der Waals surface area contributed by atoms with Gasteiger partial charge in [-0.15, -0.1) is 0 Å². The van der Waals surface area contributed by atoms with Crippen LogP contribution in [0.4, 0.5) is 11.4 Å². The summed E-state index contributed by atoms with van der Waals surface area (Å²) in [6.07, 6.45) is 0. The standard InChI is InChI=1S/C19H25N3O6S2/c1-6-21(7-2)30(27,28)17-10-14(4)15(5)18(11-17)20-29(25,26)16-9-8-13(3)19(12-16)22(23)24/h8-12,20H,6-7H2,1-5H3. The molecule has 11 heteroatoms. The van der Waals surface area contributed by atoms with Crippen molar-refractivity contribution < 1.29 is 21.8 Å². The van der Waals surface area contributed by atoms with Crippen molar-refractivity contribution in [1.29, 1.82) is 0 Å². The predicted molar refractivity (Wildman–Crippen MR) is 115 cm³/mol. The third-order valence-electron chi connectivity index (χ3n) is 4.92. The van der Waals surface area contributed by atoms with E-state index >= 15 is 0 Å². The molecule has 30 heavy (non-hydrogen) atoms. The van der Waals surface area contributed by atoms with Crippen LogP contribution in [0, 0.1) is 30.9 Å². The van der Waals surface area contributed by atoms with Gasteiger partial charge in [-0.1, -0.05) is 19.9 Å². The summed E-state index contributed by atoms with van der Waals surface area (Å²) in [5, 5.41) is 11.2. The van der Waals surface area contributed by atoms with Gasteiger partial charge < -0.3 is 0 Å². The third kappa shape index (κ3) is 4.63. The second kappa shape index (κ2) is 8.70. The second-order valence-corrected chi connectivity index (χ2v) is 10.4. The molecule has 0 atom stereocenters. The molecule has 0 saturated carbocycles. The lowest BCUT2D eigenvalue weighted by atomic mass is 10.1. The first kappa shape index (κ1) is 23.8. The van der Waals surface area contributed by atoms with Crippen LogP contribution in [0.25, 0.3) is 0 Å². The van der Waals surface area contributed by atoms with E-state index in [4.69, 9.17) is 0 Å². The van der Waals surface area contributed by atoms with E-state index in [1.165, 1.54) is 35.5 Å². The summed E-state index contributed by atoms with van der Waals surface area (Å²) in [6, 6.07) is 6.37.